The molecule has 1 saturated carbocycles. The molecule has 1 fully saturated rings. The molecule has 1 aliphatic carbocycles. The third-order valence-corrected chi connectivity index (χ3v) is 5.40. The maximum Gasteiger partial charge on any atom is 0.343 e. The van der Waals surface area contributed by atoms with Crippen molar-refractivity contribution in [2.45, 2.75) is 52.0 Å². The molecule has 2 N–H and O–H groups in total. The molecule has 7 nitrogen and oxygen atoms in total. The van der Waals surface area contributed by atoms with Crippen LogP contribution in [-0.2, 0) is 0 Å². The van der Waals surface area contributed by atoms with Crippen molar-refractivity contribution in [1.82, 2.24) is 10.7 Å². The molecular formula is C25H31N3O4S. The van der Waals surface area contributed by atoms with Crippen LogP contribution in [0.15, 0.2) is 47.6 Å². The number of rotatable bonds is 9. The van der Waals surface area contributed by atoms with Gasteiger partial charge < -0.3 is 19.5 Å². The molecule has 0 bridgehead atoms. The minimum atomic E-state index is -0.471. The molecule has 0 heterocycles. The van der Waals surface area contributed by atoms with E-state index in [2.05, 4.69) is 15.8 Å². The molecule has 0 atom stereocenters. The largest absolute Gasteiger partial charge is 0.494 e. The lowest BCUT2D eigenvalue weighted by atomic mass is 9.96. The van der Waals surface area contributed by atoms with Crippen molar-refractivity contribution in [2.75, 3.05) is 13.2 Å². The second kappa shape index (κ2) is 12.8. The van der Waals surface area contributed by atoms with Gasteiger partial charge in [0.25, 0.3) is 0 Å². The number of carbonyl (C=O) groups excluding carboxylic acids is 1. The van der Waals surface area contributed by atoms with E-state index < -0.39 is 5.97 Å². The highest BCUT2D eigenvalue weighted by Crippen LogP contribution is 2.29. The van der Waals surface area contributed by atoms with Gasteiger partial charge >= 0.3 is 5.97 Å². The van der Waals surface area contributed by atoms with Gasteiger partial charge in [-0.1, -0.05) is 19.3 Å². The first-order valence-electron chi connectivity index (χ1n) is 11.4. The van der Waals surface area contributed by atoms with Crippen molar-refractivity contribution in [3.8, 4) is 17.2 Å². The van der Waals surface area contributed by atoms with E-state index in [-0.39, 0.29) is 0 Å². The summed E-state index contributed by atoms with van der Waals surface area (Å²) in [5.74, 6) is 1.04. The molecule has 0 amide bonds. The Morgan fingerprint density at radius 3 is 2.45 bits per heavy atom. The van der Waals surface area contributed by atoms with Crippen LogP contribution in [0.5, 0.6) is 17.2 Å². The number of esters is 1. The predicted molar refractivity (Wildman–Crippen MR) is 134 cm³/mol. The Labute approximate surface area is 200 Å². The summed E-state index contributed by atoms with van der Waals surface area (Å²) in [6.07, 6.45) is 7.69. The Morgan fingerprint density at radius 1 is 1.03 bits per heavy atom. The maximum atomic E-state index is 12.6. The average Bonchev–Trinajstić information content (AvgIpc) is 2.82. The summed E-state index contributed by atoms with van der Waals surface area (Å²) in [7, 11) is 0. The van der Waals surface area contributed by atoms with E-state index in [4.69, 9.17) is 26.4 Å². The summed E-state index contributed by atoms with van der Waals surface area (Å²) >= 11 is 5.33. The lowest BCUT2D eigenvalue weighted by Crippen LogP contribution is -2.40. The smallest absolute Gasteiger partial charge is 0.343 e. The van der Waals surface area contributed by atoms with Crippen LogP contribution in [0.2, 0.25) is 0 Å². The van der Waals surface area contributed by atoms with Crippen molar-refractivity contribution in [1.29, 1.82) is 0 Å². The summed E-state index contributed by atoms with van der Waals surface area (Å²) in [5.41, 5.74) is 4.08. The Hall–Kier alpha value is -3.13. The van der Waals surface area contributed by atoms with Crippen LogP contribution in [0.3, 0.4) is 0 Å². The molecular weight excluding hydrogens is 438 g/mol. The third-order valence-electron chi connectivity index (χ3n) is 5.19. The Kier molecular flexibility index (Phi) is 9.50. The molecule has 0 saturated heterocycles. The topological polar surface area (TPSA) is 81.2 Å². The van der Waals surface area contributed by atoms with Crippen molar-refractivity contribution in [2.24, 2.45) is 5.10 Å². The van der Waals surface area contributed by atoms with Crippen LogP contribution in [0.1, 0.15) is 61.9 Å². The monoisotopic (exact) mass is 469 g/mol. The number of nitrogens with zero attached hydrogens (tertiary/aromatic N) is 1. The van der Waals surface area contributed by atoms with Gasteiger partial charge in [0.05, 0.1) is 25.0 Å². The fourth-order valence-electron chi connectivity index (χ4n) is 3.60. The standard InChI is InChI=1S/C25H31N3O4S/c1-3-30-21-13-11-19(12-14-21)24(29)32-22-15-10-18(16-23(22)31-4-2)17-26-28-25(33)27-20-8-6-5-7-9-20/h10-17,20H,3-9H2,1-2H3,(H2,27,28,33)/b26-17+. The molecule has 33 heavy (non-hydrogen) atoms. The van der Waals surface area contributed by atoms with Crippen molar-refractivity contribution in [3.05, 3.63) is 53.6 Å². The van der Waals surface area contributed by atoms with Crippen LogP contribution in [0.4, 0.5) is 0 Å². The van der Waals surface area contributed by atoms with E-state index in [0.717, 1.165) is 18.4 Å². The highest BCUT2D eigenvalue weighted by molar-refractivity contribution is 7.80. The maximum absolute atomic E-state index is 12.6. The fraction of sp³-hybridized carbons (Fsp3) is 0.400. The predicted octanol–water partition coefficient (Wildman–Crippen LogP) is 4.83. The van der Waals surface area contributed by atoms with Gasteiger partial charge in [-0.25, -0.2) is 4.79 Å². The number of benzene rings is 2. The summed E-state index contributed by atoms with van der Waals surface area (Å²) < 4.78 is 16.7. The summed E-state index contributed by atoms with van der Waals surface area (Å²) in [6, 6.07) is 12.5. The van der Waals surface area contributed by atoms with E-state index in [1.54, 1.807) is 48.7 Å². The minimum Gasteiger partial charge on any atom is -0.494 e. The normalized spacial score (nSPS) is 14.0. The Morgan fingerprint density at radius 2 is 1.76 bits per heavy atom. The molecule has 2 aromatic carbocycles. The summed E-state index contributed by atoms with van der Waals surface area (Å²) in [6.45, 7) is 4.78. The number of carbonyl (C=O) groups is 1. The number of hydrazone groups is 1. The summed E-state index contributed by atoms with van der Waals surface area (Å²) in [4.78, 5) is 12.6. The first-order chi connectivity index (χ1) is 16.1. The molecule has 1 aliphatic rings. The van der Waals surface area contributed by atoms with Gasteiger partial charge in [-0.15, -0.1) is 0 Å². The molecule has 8 heteroatoms. The highest BCUT2D eigenvalue weighted by atomic mass is 32.1. The zero-order valence-electron chi connectivity index (χ0n) is 19.1. The number of ether oxygens (including phenoxy) is 3. The average molecular weight is 470 g/mol. The fourth-order valence-corrected chi connectivity index (χ4v) is 3.82. The number of nitrogens with one attached hydrogen (secondary N) is 2. The van der Waals surface area contributed by atoms with E-state index in [1.807, 2.05) is 13.8 Å². The number of thiocarbonyl (C=S) groups is 1. The van der Waals surface area contributed by atoms with Gasteiger partial charge in [-0.2, -0.15) is 5.10 Å². The van der Waals surface area contributed by atoms with Gasteiger partial charge in [0, 0.05) is 6.04 Å². The quantitative estimate of drug-likeness (QED) is 0.179. The third kappa shape index (κ3) is 7.75. The zero-order chi connectivity index (χ0) is 23.5. The van der Waals surface area contributed by atoms with Gasteiger partial charge in [0.2, 0.25) is 0 Å². The zero-order valence-corrected chi connectivity index (χ0v) is 20.0. The van der Waals surface area contributed by atoms with Gasteiger partial charge in [0.1, 0.15) is 5.75 Å². The second-order valence-corrected chi connectivity index (χ2v) is 8.07. The highest BCUT2D eigenvalue weighted by Gasteiger charge is 2.15. The first kappa shape index (κ1) is 24.5. The molecule has 0 spiro atoms. The lowest BCUT2D eigenvalue weighted by Gasteiger charge is -2.23. The van der Waals surface area contributed by atoms with Gasteiger partial charge in [-0.05, 0) is 86.9 Å². The minimum absolute atomic E-state index is 0.343. The Balaban J connectivity index is 1.60. The number of hydrogen-bond acceptors (Lipinski definition) is 6. The van der Waals surface area contributed by atoms with Crippen LogP contribution in [0, 0.1) is 0 Å². The van der Waals surface area contributed by atoms with Gasteiger partial charge in [0.15, 0.2) is 16.6 Å². The van der Waals surface area contributed by atoms with E-state index in [9.17, 15) is 4.79 Å². The molecule has 0 radical (unpaired) electrons. The van der Waals surface area contributed by atoms with Crippen molar-refractivity contribution < 1.29 is 19.0 Å². The van der Waals surface area contributed by atoms with Crippen LogP contribution >= 0.6 is 12.2 Å². The first-order valence-corrected chi connectivity index (χ1v) is 11.8. The lowest BCUT2D eigenvalue weighted by molar-refractivity contribution is 0.0728. The number of hydrogen-bond donors (Lipinski definition) is 2. The SMILES string of the molecule is CCOc1ccc(C(=O)Oc2ccc(/C=N/NC(=S)NC3CCCCC3)cc2OCC)cc1. The molecule has 2 aromatic rings. The molecule has 176 valence electrons. The van der Waals surface area contributed by atoms with Crippen molar-refractivity contribution >= 4 is 29.5 Å². The van der Waals surface area contributed by atoms with Crippen LogP contribution in [0.25, 0.3) is 0 Å². The molecule has 0 unspecified atom stereocenters. The van der Waals surface area contributed by atoms with Crippen molar-refractivity contribution in [3.63, 3.8) is 0 Å². The van der Waals surface area contributed by atoms with E-state index >= 15 is 0 Å². The molecule has 3 rings (SSSR count). The van der Waals surface area contributed by atoms with E-state index in [0.29, 0.717) is 47.2 Å². The van der Waals surface area contributed by atoms with Crippen LogP contribution in [-0.4, -0.2) is 36.6 Å². The second-order valence-electron chi connectivity index (χ2n) is 7.66. The van der Waals surface area contributed by atoms with Crippen LogP contribution < -0.4 is 25.0 Å². The van der Waals surface area contributed by atoms with Gasteiger partial charge in [-0.3, -0.25) is 5.43 Å². The summed E-state index contributed by atoms with van der Waals surface area (Å²) in [5, 5.41) is 8.04. The Bertz CT molecular complexity index is 957. The van der Waals surface area contributed by atoms with E-state index in [1.165, 1.54) is 19.3 Å². The molecule has 0 aromatic heterocycles. The molecule has 0 aliphatic heterocycles.